The fourth-order valence-corrected chi connectivity index (χ4v) is 5.50. The third-order valence-electron chi connectivity index (χ3n) is 7.46. The Labute approximate surface area is 206 Å². The fraction of sp³-hybridized carbons (Fsp3) is 0.464. The van der Waals surface area contributed by atoms with Gasteiger partial charge in [-0.15, -0.1) is 0 Å². The van der Waals surface area contributed by atoms with Crippen LogP contribution in [0.2, 0.25) is 0 Å². The van der Waals surface area contributed by atoms with Crippen LogP contribution < -0.4 is 5.32 Å². The summed E-state index contributed by atoms with van der Waals surface area (Å²) in [6.07, 6.45) is 0.660. The van der Waals surface area contributed by atoms with Gasteiger partial charge in [0.05, 0.1) is 0 Å². The van der Waals surface area contributed by atoms with Crippen molar-refractivity contribution in [3.8, 4) is 11.1 Å². The van der Waals surface area contributed by atoms with Gasteiger partial charge in [-0.2, -0.15) is 0 Å². The third kappa shape index (κ3) is 4.40. The summed E-state index contributed by atoms with van der Waals surface area (Å²) in [5, 5.41) is 12.7. The summed E-state index contributed by atoms with van der Waals surface area (Å²) in [7, 11) is 0. The van der Waals surface area contributed by atoms with Crippen molar-refractivity contribution in [3.63, 3.8) is 0 Å². The molecule has 4 rings (SSSR count). The van der Waals surface area contributed by atoms with Gasteiger partial charge in [0.15, 0.2) is 0 Å². The van der Waals surface area contributed by atoms with E-state index < -0.39 is 29.1 Å². The molecule has 1 unspecified atom stereocenters. The zero-order valence-electron chi connectivity index (χ0n) is 20.8. The Morgan fingerprint density at radius 1 is 1.09 bits per heavy atom. The zero-order chi connectivity index (χ0) is 25.4. The van der Waals surface area contributed by atoms with Gasteiger partial charge in [-0.1, -0.05) is 76.2 Å². The molecule has 1 heterocycles. The summed E-state index contributed by atoms with van der Waals surface area (Å²) in [4.78, 5) is 40.1. The lowest BCUT2D eigenvalue weighted by molar-refractivity contribution is -0.158. The maximum Gasteiger partial charge on any atom is 0.407 e. The molecule has 1 aliphatic heterocycles. The van der Waals surface area contributed by atoms with Crippen molar-refractivity contribution in [2.45, 2.75) is 64.5 Å². The van der Waals surface area contributed by atoms with Gasteiger partial charge in [0.25, 0.3) is 0 Å². The number of fused-ring (bicyclic) bond motifs is 3. The molecule has 1 saturated heterocycles. The van der Waals surface area contributed by atoms with E-state index in [0.29, 0.717) is 25.8 Å². The van der Waals surface area contributed by atoms with Crippen LogP contribution in [0.15, 0.2) is 48.5 Å². The number of aliphatic carboxylic acids is 1. The van der Waals surface area contributed by atoms with E-state index in [0.717, 1.165) is 22.3 Å². The van der Waals surface area contributed by atoms with Crippen LogP contribution in [0.3, 0.4) is 0 Å². The summed E-state index contributed by atoms with van der Waals surface area (Å²) < 4.78 is 5.67. The molecular formula is C28H34N2O5. The Morgan fingerprint density at radius 3 is 2.17 bits per heavy atom. The predicted octanol–water partition coefficient (Wildman–Crippen LogP) is 4.80. The first-order valence-electron chi connectivity index (χ1n) is 12.3. The second kappa shape index (κ2) is 9.36. The molecule has 7 heteroatoms. The van der Waals surface area contributed by atoms with Crippen molar-refractivity contribution in [2.24, 2.45) is 5.41 Å². The van der Waals surface area contributed by atoms with Crippen LogP contribution in [0.25, 0.3) is 11.1 Å². The number of rotatable bonds is 6. The van der Waals surface area contributed by atoms with E-state index in [-0.39, 0.29) is 18.4 Å². The number of carboxylic acid groups (broad SMARTS) is 1. The Morgan fingerprint density at radius 2 is 1.66 bits per heavy atom. The normalized spacial score (nSPS) is 20.2. The number of nitrogens with one attached hydrogen (secondary N) is 1. The number of likely N-dealkylation sites (tertiary alicyclic amines) is 1. The third-order valence-corrected chi connectivity index (χ3v) is 7.46. The van der Waals surface area contributed by atoms with Crippen molar-refractivity contribution < 1.29 is 24.2 Å². The van der Waals surface area contributed by atoms with Crippen LogP contribution in [0.5, 0.6) is 0 Å². The van der Waals surface area contributed by atoms with Gasteiger partial charge < -0.3 is 20.1 Å². The highest BCUT2D eigenvalue weighted by atomic mass is 16.5. The van der Waals surface area contributed by atoms with Crippen LogP contribution in [0, 0.1) is 5.41 Å². The average Bonchev–Trinajstić information content (AvgIpc) is 3.40. The second-order valence-electron chi connectivity index (χ2n) is 10.6. The van der Waals surface area contributed by atoms with E-state index in [4.69, 9.17) is 4.74 Å². The van der Waals surface area contributed by atoms with E-state index in [1.807, 2.05) is 57.2 Å². The molecule has 0 spiro atoms. The molecule has 2 aromatic rings. The lowest BCUT2D eigenvalue weighted by Crippen LogP contribution is -2.61. The van der Waals surface area contributed by atoms with E-state index in [9.17, 15) is 19.5 Å². The molecule has 2 atom stereocenters. The molecule has 0 radical (unpaired) electrons. The largest absolute Gasteiger partial charge is 0.479 e. The van der Waals surface area contributed by atoms with Gasteiger partial charge in [0.1, 0.15) is 18.2 Å². The zero-order valence-corrected chi connectivity index (χ0v) is 20.8. The Kier molecular flexibility index (Phi) is 6.62. The topological polar surface area (TPSA) is 95.9 Å². The lowest BCUT2D eigenvalue weighted by atomic mass is 9.84. The lowest BCUT2D eigenvalue weighted by Gasteiger charge is -2.39. The van der Waals surface area contributed by atoms with Crippen molar-refractivity contribution in [1.29, 1.82) is 0 Å². The monoisotopic (exact) mass is 478 g/mol. The number of hydrogen-bond donors (Lipinski definition) is 2. The summed E-state index contributed by atoms with van der Waals surface area (Å²) in [6, 6.07) is 15.3. The molecule has 2 amide bonds. The predicted molar refractivity (Wildman–Crippen MR) is 133 cm³/mol. The number of nitrogens with zero attached hydrogens (tertiary/aromatic N) is 1. The average molecular weight is 479 g/mol. The highest BCUT2D eigenvalue weighted by Gasteiger charge is 2.51. The van der Waals surface area contributed by atoms with Gasteiger partial charge in [-0.05, 0) is 46.9 Å². The molecule has 2 N–H and O–H groups in total. The maximum absolute atomic E-state index is 13.6. The van der Waals surface area contributed by atoms with E-state index in [2.05, 4.69) is 17.4 Å². The first-order chi connectivity index (χ1) is 16.6. The first-order valence-corrected chi connectivity index (χ1v) is 12.3. The molecule has 1 aliphatic carbocycles. The molecule has 35 heavy (non-hydrogen) atoms. The van der Waals surface area contributed by atoms with E-state index >= 15 is 0 Å². The Balaban J connectivity index is 1.50. The highest BCUT2D eigenvalue weighted by molar-refractivity contribution is 5.92. The molecule has 0 aromatic heterocycles. The summed E-state index contributed by atoms with van der Waals surface area (Å²) >= 11 is 0. The molecule has 1 fully saturated rings. The highest BCUT2D eigenvalue weighted by Crippen LogP contribution is 2.44. The first kappa shape index (κ1) is 24.8. The van der Waals surface area contributed by atoms with Gasteiger partial charge in [-0.3, -0.25) is 4.79 Å². The molecule has 7 nitrogen and oxygen atoms in total. The number of carboxylic acids is 1. The second-order valence-corrected chi connectivity index (χ2v) is 10.6. The van der Waals surface area contributed by atoms with E-state index in [1.165, 1.54) is 4.90 Å². The van der Waals surface area contributed by atoms with Crippen molar-refractivity contribution >= 4 is 18.0 Å². The van der Waals surface area contributed by atoms with Gasteiger partial charge in [-0.25, -0.2) is 9.59 Å². The Bertz CT molecular complexity index is 1090. The number of carbonyl (C=O) groups excluding carboxylic acids is 2. The minimum Gasteiger partial charge on any atom is -0.479 e. The summed E-state index contributed by atoms with van der Waals surface area (Å²) in [5.74, 6) is -1.47. The van der Waals surface area contributed by atoms with Gasteiger partial charge in [0, 0.05) is 12.5 Å². The van der Waals surface area contributed by atoms with Crippen molar-refractivity contribution in [1.82, 2.24) is 10.2 Å². The smallest absolute Gasteiger partial charge is 0.407 e. The van der Waals surface area contributed by atoms with Crippen LogP contribution >= 0.6 is 0 Å². The van der Waals surface area contributed by atoms with E-state index in [1.54, 1.807) is 6.92 Å². The molecule has 186 valence electrons. The summed E-state index contributed by atoms with van der Waals surface area (Å²) in [5.41, 5.74) is 2.62. The molecular weight excluding hydrogens is 444 g/mol. The minimum absolute atomic E-state index is 0.0877. The van der Waals surface area contributed by atoms with Crippen molar-refractivity contribution in [2.75, 3.05) is 13.2 Å². The molecule has 2 aromatic carbocycles. The number of ether oxygens (including phenoxy) is 1. The van der Waals surface area contributed by atoms with Crippen LogP contribution in [0.1, 0.15) is 64.0 Å². The molecule has 2 aliphatic rings. The fourth-order valence-electron chi connectivity index (χ4n) is 5.50. The number of benzene rings is 2. The standard InChI is InChI=1S/C28H34N2O5/c1-5-28(25(32)33)15-10-16-30(28)24(31)23(27(2,3)4)29-26(34)35-17-22-20-13-8-6-11-18(20)19-12-7-9-14-21(19)22/h6-9,11-14,22-23H,5,10,15-17H2,1-4H3,(H,29,34)(H,32,33)/t23-,28?/m0/s1. The van der Waals surface area contributed by atoms with Gasteiger partial charge >= 0.3 is 12.1 Å². The van der Waals surface area contributed by atoms with Crippen LogP contribution in [-0.4, -0.2) is 52.7 Å². The summed E-state index contributed by atoms with van der Waals surface area (Å²) in [6.45, 7) is 7.84. The van der Waals surface area contributed by atoms with Crippen LogP contribution in [-0.2, 0) is 14.3 Å². The SMILES string of the molecule is CCC1(C(=O)O)CCCN1C(=O)[C@H](NC(=O)OCC1c2ccccc2-c2ccccc21)C(C)(C)C. The van der Waals surface area contributed by atoms with Crippen LogP contribution in [0.4, 0.5) is 4.79 Å². The number of amides is 2. The van der Waals surface area contributed by atoms with Gasteiger partial charge in [0.2, 0.25) is 5.91 Å². The molecule has 0 saturated carbocycles. The number of alkyl carbamates (subject to hydrolysis) is 1. The minimum atomic E-state index is -1.23. The Hall–Kier alpha value is -3.35. The maximum atomic E-state index is 13.6. The van der Waals surface area contributed by atoms with Crippen molar-refractivity contribution in [3.05, 3.63) is 59.7 Å². The quantitative estimate of drug-likeness (QED) is 0.622. The molecule has 0 bridgehead atoms. The number of hydrogen-bond acceptors (Lipinski definition) is 4. The number of carbonyl (C=O) groups is 3.